The summed E-state index contributed by atoms with van der Waals surface area (Å²) >= 11 is 0. The number of nitrogens with one attached hydrogen (secondary N) is 1. The zero-order valence-electron chi connectivity index (χ0n) is 10.3. The maximum Gasteiger partial charge on any atom is 0.129 e. The van der Waals surface area contributed by atoms with Crippen molar-refractivity contribution in [3.63, 3.8) is 0 Å². The molecule has 0 unspecified atom stereocenters. The van der Waals surface area contributed by atoms with Crippen LogP contribution in [0.2, 0.25) is 0 Å². The Kier molecular flexibility index (Phi) is 3.07. The fourth-order valence-corrected chi connectivity index (χ4v) is 2.47. The first-order valence-electron chi connectivity index (χ1n) is 6.39. The molecule has 0 aliphatic heterocycles. The van der Waals surface area contributed by atoms with Crippen molar-refractivity contribution in [1.29, 1.82) is 0 Å². The van der Waals surface area contributed by atoms with E-state index >= 15 is 0 Å². The van der Waals surface area contributed by atoms with Crippen molar-refractivity contribution in [2.75, 3.05) is 5.32 Å². The summed E-state index contributed by atoms with van der Waals surface area (Å²) in [4.78, 5) is 0. The van der Waals surface area contributed by atoms with Crippen LogP contribution >= 0.6 is 0 Å². The lowest BCUT2D eigenvalue weighted by atomic mass is 10.1. The van der Waals surface area contributed by atoms with E-state index in [2.05, 4.69) is 23.5 Å². The Bertz CT molecular complexity index is 545. The number of hydrogen-bond donors (Lipinski definition) is 2. The first-order valence-corrected chi connectivity index (χ1v) is 6.39. The molecule has 0 atom stereocenters. The van der Waals surface area contributed by atoms with Crippen LogP contribution < -0.4 is 5.32 Å². The van der Waals surface area contributed by atoms with Crippen LogP contribution in [0.25, 0.3) is 0 Å². The lowest BCUT2D eigenvalue weighted by Gasteiger charge is -2.07. The van der Waals surface area contributed by atoms with Gasteiger partial charge in [-0.2, -0.15) is 0 Å². The van der Waals surface area contributed by atoms with Gasteiger partial charge in [0, 0.05) is 5.69 Å². The highest BCUT2D eigenvalue weighted by molar-refractivity contribution is 5.50. The molecule has 3 nitrogen and oxygen atoms in total. The standard InChI is InChI=1S/C15H17NO2/c17-10-15-7-6-14(18-15)9-16-13-5-4-11-2-1-3-12(11)8-13/h4-8,16-17H,1-3,9-10H2. The molecule has 0 saturated heterocycles. The zero-order chi connectivity index (χ0) is 12.4. The molecule has 3 rings (SSSR count). The third kappa shape index (κ3) is 2.27. The molecular weight excluding hydrogens is 226 g/mol. The second-order valence-electron chi connectivity index (χ2n) is 4.72. The molecule has 1 heterocycles. The molecule has 0 amide bonds. The predicted molar refractivity (Wildman–Crippen MR) is 70.4 cm³/mol. The van der Waals surface area contributed by atoms with Crippen molar-refractivity contribution in [2.45, 2.75) is 32.4 Å². The van der Waals surface area contributed by atoms with Gasteiger partial charge in [0.2, 0.25) is 0 Å². The van der Waals surface area contributed by atoms with Crippen LogP contribution in [0.3, 0.4) is 0 Å². The van der Waals surface area contributed by atoms with Crippen molar-refractivity contribution in [3.8, 4) is 0 Å². The Balaban J connectivity index is 1.66. The smallest absolute Gasteiger partial charge is 0.129 e. The van der Waals surface area contributed by atoms with Crippen LogP contribution in [0.4, 0.5) is 5.69 Å². The van der Waals surface area contributed by atoms with E-state index in [0.29, 0.717) is 12.3 Å². The molecule has 3 heteroatoms. The van der Waals surface area contributed by atoms with Crippen LogP contribution in [0.5, 0.6) is 0 Å². The Morgan fingerprint density at radius 3 is 2.72 bits per heavy atom. The van der Waals surface area contributed by atoms with E-state index in [1.807, 2.05) is 6.07 Å². The Hall–Kier alpha value is -1.74. The van der Waals surface area contributed by atoms with Gasteiger partial charge in [0.15, 0.2) is 0 Å². The third-order valence-corrected chi connectivity index (χ3v) is 3.44. The number of aliphatic hydroxyl groups is 1. The number of hydrogen-bond acceptors (Lipinski definition) is 3. The minimum atomic E-state index is -0.0428. The van der Waals surface area contributed by atoms with Gasteiger partial charge in [-0.05, 0) is 54.7 Å². The largest absolute Gasteiger partial charge is 0.462 e. The van der Waals surface area contributed by atoms with E-state index in [1.165, 1.54) is 30.4 Å². The highest BCUT2D eigenvalue weighted by Crippen LogP contribution is 2.25. The lowest BCUT2D eigenvalue weighted by molar-refractivity contribution is 0.244. The molecule has 0 fully saturated rings. The fourth-order valence-electron chi connectivity index (χ4n) is 2.47. The van der Waals surface area contributed by atoms with Gasteiger partial charge in [0.25, 0.3) is 0 Å². The number of benzene rings is 1. The topological polar surface area (TPSA) is 45.4 Å². The molecule has 2 N–H and O–H groups in total. The van der Waals surface area contributed by atoms with Crippen LogP contribution in [0.1, 0.15) is 29.1 Å². The minimum Gasteiger partial charge on any atom is -0.462 e. The SMILES string of the molecule is OCc1ccc(CNc2ccc3c(c2)CCC3)o1. The first-order chi connectivity index (χ1) is 8.85. The fraction of sp³-hybridized carbons (Fsp3) is 0.333. The summed E-state index contributed by atoms with van der Waals surface area (Å²) < 4.78 is 5.43. The highest BCUT2D eigenvalue weighted by Gasteiger charge is 2.10. The van der Waals surface area contributed by atoms with Gasteiger partial charge in [0.1, 0.15) is 18.1 Å². The summed E-state index contributed by atoms with van der Waals surface area (Å²) in [5.41, 5.74) is 4.09. The normalized spacial score (nSPS) is 13.6. The zero-order valence-corrected chi connectivity index (χ0v) is 10.3. The van der Waals surface area contributed by atoms with Crippen molar-refractivity contribution in [2.24, 2.45) is 0 Å². The van der Waals surface area contributed by atoms with Crippen molar-refractivity contribution < 1.29 is 9.52 Å². The van der Waals surface area contributed by atoms with Crippen LogP contribution in [-0.4, -0.2) is 5.11 Å². The second-order valence-corrected chi connectivity index (χ2v) is 4.72. The minimum absolute atomic E-state index is 0.0428. The molecular formula is C15H17NO2. The molecule has 1 aromatic carbocycles. The Labute approximate surface area is 106 Å². The van der Waals surface area contributed by atoms with Crippen LogP contribution in [0.15, 0.2) is 34.7 Å². The van der Waals surface area contributed by atoms with Gasteiger partial charge >= 0.3 is 0 Å². The van der Waals surface area contributed by atoms with E-state index in [-0.39, 0.29) is 6.61 Å². The number of rotatable bonds is 4. The molecule has 18 heavy (non-hydrogen) atoms. The van der Waals surface area contributed by atoms with Crippen molar-refractivity contribution >= 4 is 5.69 Å². The molecule has 1 aliphatic rings. The summed E-state index contributed by atoms with van der Waals surface area (Å²) in [5, 5.41) is 12.3. The van der Waals surface area contributed by atoms with Gasteiger partial charge in [-0.25, -0.2) is 0 Å². The maximum absolute atomic E-state index is 8.93. The summed E-state index contributed by atoms with van der Waals surface area (Å²) in [6, 6.07) is 10.3. The Morgan fingerprint density at radius 1 is 1.06 bits per heavy atom. The molecule has 2 aromatic rings. The summed E-state index contributed by atoms with van der Waals surface area (Å²) in [6.45, 7) is 0.609. The number of fused-ring (bicyclic) bond motifs is 1. The molecule has 0 radical (unpaired) electrons. The molecule has 0 bridgehead atoms. The van der Waals surface area contributed by atoms with E-state index < -0.39 is 0 Å². The average Bonchev–Trinajstić information content (AvgIpc) is 3.04. The van der Waals surface area contributed by atoms with E-state index in [4.69, 9.17) is 9.52 Å². The highest BCUT2D eigenvalue weighted by atomic mass is 16.4. The molecule has 0 spiro atoms. The van der Waals surface area contributed by atoms with Crippen molar-refractivity contribution in [3.05, 3.63) is 53.0 Å². The maximum atomic E-state index is 8.93. The first kappa shape index (κ1) is 11.4. The quantitative estimate of drug-likeness (QED) is 0.868. The average molecular weight is 243 g/mol. The second kappa shape index (κ2) is 4.86. The number of anilines is 1. The molecule has 94 valence electrons. The summed E-state index contributed by atoms with van der Waals surface area (Å²) in [6.07, 6.45) is 3.69. The summed E-state index contributed by atoms with van der Waals surface area (Å²) in [7, 11) is 0. The molecule has 0 saturated carbocycles. The van der Waals surface area contributed by atoms with Gasteiger partial charge in [-0.15, -0.1) is 0 Å². The number of aryl methyl sites for hydroxylation is 2. The van der Waals surface area contributed by atoms with Gasteiger partial charge in [-0.3, -0.25) is 0 Å². The van der Waals surface area contributed by atoms with E-state index in [9.17, 15) is 0 Å². The molecule has 1 aromatic heterocycles. The van der Waals surface area contributed by atoms with E-state index in [1.54, 1.807) is 6.07 Å². The number of furan rings is 1. The van der Waals surface area contributed by atoms with Gasteiger partial charge in [0.05, 0.1) is 6.54 Å². The lowest BCUT2D eigenvalue weighted by Crippen LogP contribution is -1.98. The number of aliphatic hydroxyl groups excluding tert-OH is 1. The molecule has 1 aliphatic carbocycles. The monoisotopic (exact) mass is 243 g/mol. The van der Waals surface area contributed by atoms with Crippen molar-refractivity contribution in [1.82, 2.24) is 0 Å². The van der Waals surface area contributed by atoms with Crippen LogP contribution in [-0.2, 0) is 26.0 Å². The summed E-state index contributed by atoms with van der Waals surface area (Å²) in [5.74, 6) is 1.46. The van der Waals surface area contributed by atoms with Crippen LogP contribution in [0, 0.1) is 0 Å². The van der Waals surface area contributed by atoms with E-state index in [0.717, 1.165) is 11.4 Å². The van der Waals surface area contributed by atoms with Gasteiger partial charge < -0.3 is 14.8 Å². The predicted octanol–water partition coefficient (Wildman–Crippen LogP) is 2.87. The third-order valence-electron chi connectivity index (χ3n) is 3.44. The van der Waals surface area contributed by atoms with Gasteiger partial charge in [-0.1, -0.05) is 6.07 Å². The Morgan fingerprint density at radius 2 is 1.89 bits per heavy atom.